The maximum absolute atomic E-state index is 9.91. The average Bonchev–Trinajstić information content (AvgIpc) is 2.34. The molecule has 1 rings (SSSR count). The van der Waals surface area contributed by atoms with Crippen molar-refractivity contribution in [2.45, 2.75) is 46.3 Å². The molecule has 0 saturated carbocycles. The Morgan fingerprint density at radius 3 is 2.59 bits per heavy atom. The van der Waals surface area contributed by atoms with Crippen LogP contribution in [-0.4, -0.2) is 17.8 Å². The minimum atomic E-state index is -0.257. The van der Waals surface area contributed by atoms with E-state index in [1.54, 1.807) is 0 Å². The number of aliphatic hydroxyl groups excluding tert-OH is 1. The van der Waals surface area contributed by atoms with Crippen molar-refractivity contribution in [3.05, 3.63) is 35.4 Å². The Morgan fingerprint density at radius 1 is 1.29 bits per heavy atom. The van der Waals surface area contributed by atoms with Crippen LogP contribution in [0.5, 0.6) is 0 Å². The molecule has 0 fully saturated rings. The predicted molar refractivity (Wildman–Crippen MR) is 73.1 cm³/mol. The van der Waals surface area contributed by atoms with E-state index in [0.717, 1.165) is 6.42 Å². The van der Waals surface area contributed by atoms with Gasteiger partial charge in [-0.2, -0.15) is 0 Å². The Bertz CT molecular complexity index is 337. The summed E-state index contributed by atoms with van der Waals surface area (Å²) in [5, 5.41) is 13.3. The van der Waals surface area contributed by atoms with Crippen molar-refractivity contribution in [3.8, 4) is 0 Å². The molecule has 0 aliphatic heterocycles. The molecule has 0 saturated heterocycles. The van der Waals surface area contributed by atoms with Crippen molar-refractivity contribution >= 4 is 0 Å². The van der Waals surface area contributed by atoms with Crippen LogP contribution in [0.3, 0.4) is 0 Å². The van der Waals surface area contributed by atoms with E-state index < -0.39 is 0 Å². The Morgan fingerprint density at radius 2 is 2.00 bits per heavy atom. The van der Waals surface area contributed by atoms with Gasteiger partial charge in [0.1, 0.15) is 0 Å². The van der Waals surface area contributed by atoms with Crippen molar-refractivity contribution in [2.75, 3.05) is 6.54 Å². The Kier molecular flexibility index (Phi) is 5.66. The van der Waals surface area contributed by atoms with Crippen molar-refractivity contribution in [3.63, 3.8) is 0 Å². The van der Waals surface area contributed by atoms with Gasteiger partial charge in [-0.3, -0.25) is 0 Å². The molecule has 0 aromatic heterocycles. The fourth-order valence-corrected chi connectivity index (χ4v) is 1.83. The van der Waals surface area contributed by atoms with E-state index >= 15 is 0 Å². The van der Waals surface area contributed by atoms with Gasteiger partial charge in [0.2, 0.25) is 0 Å². The fourth-order valence-electron chi connectivity index (χ4n) is 1.83. The standard InChI is InChI=1S/C15H25NO/c1-5-12(3)15(17)10-16-13(4)14-8-6-7-11(2)9-14/h6-9,12-13,15-17H,5,10H2,1-4H3. The van der Waals surface area contributed by atoms with Gasteiger partial charge in [-0.25, -0.2) is 0 Å². The molecule has 0 amide bonds. The number of aryl methyl sites for hydroxylation is 1. The largest absolute Gasteiger partial charge is 0.392 e. The molecular weight excluding hydrogens is 210 g/mol. The molecule has 2 nitrogen and oxygen atoms in total. The van der Waals surface area contributed by atoms with Crippen LogP contribution in [-0.2, 0) is 0 Å². The first-order chi connectivity index (χ1) is 8.04. The molecule has 0 heterocycles. The number of nitrogens with one attached hydrogen (secondary N) is 1. The summed E-state index contributed by atoms with van der Waals surface area (Å²) in [6.07, 6.45) is 0.758. The molecule has 3 atom stereocenters. The maximum Gasteiger partial charge on any atom is 0.0690 e. The smallest absolute Gasteiger partial charge is 0.0690 e. The second-order valence-corrected chi connectivity index (χ2v) is 5.00. The van der Waals surface area contributed by atoms with E-state index in [0.29, 0.717) is 12.5 Å². The lowest BCUT2D eigenvalue weighted by Crippen LogP contribution is -2.33. The first-order valence-corrected chi connectivity index (χ1v) is 6.52. The monoisotopic (exact) mass is 235 g/mol. The zero-order chi connectivity index (χ0) is 12.8. The molecule has 2 heteroatoms. The third kappa shape index (κ3) is 4.49. The molecular formula is C15H25NO. The van der Waals surface area contributed by atoms with Gasteiger partial charge < -0.3 is 10.4 Å². The summed E-state index contributed by atoms with van der Waals surface area (Å²) in [6.45, 7) is 9.09. The average molecular weight is 235 g/mol. The first kappa shape index (κ1) is 14.2. The third-order valence-corrected chi connectivity index (χ3v) is 3.48. The van der Waals surface area contributed by atoms with Crippen molar-refractivity contribution in [2.24, 2.45) is 5.92 Å². The number of hydrogen-bond donors (Lipinski definition) is 2. The van der Waals surface area contributed by atoms with E-state index in [1.807, 2.05) is 0 Å². The molecule has 3 unspecified atom stereocenters. The zero-order valence-electron chi connectivity index (χ0n) is 11.4. The second-order valence-electron chi connectivity index (χ2n) is 5.00. The predicted octanol–water partition coefficient (Wildman–Crippen LogP) is 3.05. The number of aliphatic hydroxyl groups is 1. The molecule has 96 valence electrons. The molecule has 0 bridgehead atoms. The summed E-state index contributed by atoms with van der Waals surface area (Å²) in [6, 6.07) is 8.78. The van der Waals surface area contributed by atoms with Crippen LogP contribution < -0.4 is 5.32 Å². The van der Waals surface area contributed by atoms with Gasteiger partial charge in [0, 0.05) is 12.6 Å². The summed E-state index contributed by atoms with van der Waals surface area (Å²) in [5.41, 5.74) is 2.56. The summed E-state index contributed by atoms with van der Waals surface area (Å²) in [7, 11) is 0. The van der Waals surface area contributed by atoms with E-state index in [9.17, 15) is 5.11 Å². The Balaban J connectivity index is 2.47. The van der Waals surface area contributed by atoms with Crippen LogP contribution in [0, 0.1) is 12.8 Å². The van der Waals surface area contributed by atoms with Crippen LogP contribution in [0.25, 0.3) is 0 Å². The normalized spacial score (nSPS) is 16.5. The molecule has 1 aromatic rings. The number of rotatable bonds is 6. The van der Waals surface area contributed by atoms with Crippen LogP contribution in [0.2, 0.25) is 0 Å². The molecule has 2 N–H and O–H groups in total. The fraction of sp³-hybridized carbons (Fsp3) is 0.600. The van der Waals surface area contributed by atoms with E-state index in [-0.39, 0.29) is 12.1 Å². The van der Waals surface area contributed by atoms with Gasteiger partial charge in [0.05, 0.1) is 6.10 Å². The highest BCUT2D eigenvalue weighted by atomic mass is 16.3. The van der Waals surface area contributed by atoms with Gasteiger partial charge in [0.15, 0.2) is 0 Å². The van der Waals surface area contributed by atoms with Crippen molar-refractivity contribution < 1.29 is 5.11 Å². The topological polar surface area (TPSA) is 32.3 Å². The molecule has 17 heavy (non-hydrogen) atoms. The van der Waals surface area contributed by atoms with Crippen LogP contribution in [0.15, 0.2) is 24.3 Å². The molecule has 0 radical (unpaired) electrons. The van der Waals surface area contributed by atoms with Gasteiger partial charge in [-0.1, -0.05) is 50.1 Å². The first-order valence-electron chi connectivity index (χ1n) is 6.52. The van der Waals surface area contributed by atoms with Crippen LogP contribution in [0.1, 0.15) is 44.4 Å². The second kappa shape index (κ2) is 6.77. The Hall–Kier alpha value is -0.860. The van der Waals surface area contributed by atoms with Crippen LogP contribution in [0.4, 0.5) is 0 Å². The molecule has 0 aliphatic rings. The summed E-state index contributed by atoms with van der Waals surface area (Å²) < 4.78 is 0. The Labute approximate surface area is 105 Å². The molecule has 1 aromatic carbocycles. The third-order valence-electron chi connectivity index (χ3n) is 3.48. The summed E-state index contributed by atoms with van der Waals surface area (Å²) in [5.74, 6) is 0.354. The maximum atomic E-state index is 9.91. The van der Waals surface area contributed by atoms with Crippen molar-refractivity contribution in [1.29, 1.82) is 0 Å². The highest BCUT2D eigenvalue weighted by Gasteiger charge is 2.13. The molecule has 0 spiro atoms. The lowest BCUT2D eigenvalue weighted by atomic mass is 10.0. The lowest BCUT2D eigenvalue weighted by molar-refractivity contribution is 0.110. The highest BCUT2D eigenvalue weighted by molar-refractivity contribution is 5.24. The van der Waals surface area contributed by atoms with Gasteiger partial charge >= 0.3 is 0 Å². The van der Waals surface area contributed by atoms with Crippen LogP contribution >= 0.6 is 0 Å². The number of hydrogen-bond acceptors (Lipinski definition) is 2. The van der Waals surface area contributed by atoms with Crippen molar-refractivity contribution in [1.82, 2.24) is 5.32 Å². The summed E-state index contributed by atoms with van der Waals surface area (Å²) in [4.78, 5) is 0. The quantitative estimate of drug-likeness (QED) is 0.794. The number of benzene rings is 1. The SMILES string of the molecule is CCC(C)C(O)CNC(C)c1cccc(C)c1. The lowest BCUT2D eigenvalue weighted by Gasteiger charge is -2.21. The minimum absolute atomic E-state index is 0.257. The van der Waals surface area contributed by atoms with Gasteiger partial charge in [-0.05, 0) is 25.3 Å². The van der Waals surface area contributed by atoms with E-state index in [2.05, 4.69) is 57.3 Å². The van der Waals surface area contributed by atoms with Gasteiger partial charge in [-0.15, -0.1) is 0 Å². The minimum Gasteiger partial charge on any atom is -0.392 e. The zero-order valence-corrected chi connectivity index (χ0v) is 11.4. The molecule has 0 aliphatic carbocycles. The highest BCUT2D eigenvalue weighted by Crippen LogP contribution is 2.14. The van der Waals surface area contributed by atoms with E-state index in [1.165, 1.54) is 11.1 Å². The van der Waals surface area contributed by atoms with E-state index in [4.69, 9.17) is 0 Å². The van der Waals surface area contributed by atoms with Gasteiger partial charge in [0.25, 0.3) is 0 Å². The summed E-state index contributed by atoms with van der Waals surface area (Å²) >= 11 is 0.